The zero-order valence-electron chi connectivity index (χ0n) is 15.7. The SMILES string of the molecule is COCC(=O)N1CCOC2(C1)CN(C(=O)c1ccc(OC(F)(F)F)cc1)CCO2. The number of carbonyl (C=O) groups excluding carboxylic acids is 2. The number of alkyl halides is 3. The summed E-state index contributed by atoms with van der Waals surface area (Å²) in [7, 11) is 1.43. The Bertz CT molecular complexity index is 738. The Balaban J connectivity index is 1.67. The molecule has 2 amide bonds. The molecule has 3 rings (SSSR count). The molecule has 1 aromatic rings. The molecular weight excluding hydrogens is 397 g/mol. The summed E-state index contributed by atoms with van der Waals surface area (Å²) >= 11 is 0. The van der Waals surface area contributed by atoms with Crippen molar-refractivity contribution in [2.24, 2.45) is 0 Å². The minimum Gasteiger partial charge on any atom is -0.406 e. The first-order chi connectivity index (χ1) is 13.7. The van der Waals surface area contributed by atoms with Gasteiger partial charge in [-0.15, -0.1) is 13.2 Å². The summed E-state index contributed by atoms with van der Waals surface area (Å²) in [6.45, 7) is 1.30. The van der Waals surface area contributed by atoms with Gasteiger partial charge in [0.15, 0.2) is 0 Å². The first-order valence-corrected chi connectivity index (χ1v) is 8.91. The second-order valence-corrected chi connectivity index (χ2v) is 6.65. The van der Waals surface area contributed by atoms with Gasteiger partial charge in [0.25, 0.3) is 5.91 Å². The summed E-state index contributed by atoms with van der Waals surface area (Å²) in [6.07, 6.45) is -4.80. The smallest absolute Gasteiger partial charge is 0.406 e. The number of nitrogens with zero attached hydrogens (tertiary/aromatic N) is 2. The lowest BCUT2D eigenvalue weighted by Gasteiger charge is -2.47. The van der Waals surface area contributed by atoms with Gasteiger partial charge in [0.1, 0.15) is 12.4 Å². The zero-order chi connectivity index (χ0) is 21.1. The van der Waals surface area contributed by atoms with E-state index in [4.69, 9.17) is 14.2 Å². The van der Waals surface area contributed by atoms with Crippen molar-refractivity contribution < 1.29 is 41.7 Å². The zero-order valence-corrected chi connectivity index (χ0v) is 15.7. The molecule has 1 atom stereocenters. The van der Waals surface area contributed by atoms with E-state index in [1.54, 1.807) is 4.90 Å². The van der Waals surface area contributed by atoms with Crippen molar-refractivity contribution in [2.45, 2.75) is 12.1 Å². The molecule has 0 aliphatic carbocycles. The highest BCUT2D eigenvalue weighted by Gasteiger charge is 2.44. The lowest BCUT2D eigenvalue weighted by atomic mass is 10.1. The molecule has 160 valence electrons. The average Bonchev–Trinajstić information content (AvgIpc) is 2.67. The quantitative estimate of drug-likeness (QED) is 0.733. The van der Waals surface area contributed by atoms with Gasteiger partial charge < -0.3 is 28.7 Å². The predicted molar refractivity (Wildman–Crippen MR) is 92.1 cm³/mol. The lowest BCUT2D eigenvalue weighted by molar-refractivity contribution is -0.284. The van der Waals surface area contributed by atoms with Crippen LogP contribution in [-0.2, 0) is 19.0 Å². The Morgan fingerprint density at radius 3 is 2.24 bits per heavy atom. The summed E-state index contributed by atoms with van der Waals surface area (Å²) in [5.74, 6) is -2.14. The third-order valence-corrected chi connectivity index (χ3v) is 4.56. The number of halogens is 3. The van der Waals surface area contributed by atoms with Crippen molar-refractivity contribution in [3.8, 4) is 5.75 Å². The fraction of sp³-hybridized carbons (Fsp3) is 0.556. The van der Waals surface area contributed by atoms with Crippen molar-refractivity contribution in [2.75, 3.05) is 53.1 Å². The number of amides is 2. The number of rotatable bonds is 4. The number of carbonyl (C=O) groups is 2. The Kier molecular flexibility index (Phi) is 6.30. The molecule has 2 aliphatic heterocycles. The fourth-order valence-electron chi connectivity index (χ4n) is 3.28. The monoisotopic (exact) mass is 418 g/mol. The molecule has 2 aliphatic rings. The molecular formula is C18H21F3N2O6. The van der Waals surface area contributed by atoms with E-state index in [-0.39, 0.29) is 56.8 Å². The summed E-state index contributed by atoms with van der Waals surface area (Å²) in [5.41, 5.74) is 0.208. The van der Waals surface area contributed by atoms with Crippen LogP contribution in [0.3, 0.4) is 0 Å². The van der Waals surface area contributed by atoms with E-state index < -0.39 is 17.9 Å². The van der Waals surface area contributed by atoms with E-state index in [0.717, 1.165) is 12.1 Å². The van der Waals surface area contributed by atoms with Crippen LogP contribution in [0.5, 0.6) is 5.75 Å². The lowest BCUT2D eigenvalue weighted by Crippen LogP contribution is -2.64. The number of morpholine rings is 2. The molecule has 1 unspecified atom stereocenters. The third kappa shape index (κ3) is 5.37. The minimum atomic E-state index is -4.80. The van der Waals surface area contributed by atoms with Crippen LogP contribution >= 0.6 is 0 Å². The number of benzene rings is 1. The van der Waals surface area contributed by atoms with Crippen LogP contribution < -0.4 is 4.74 Å². The van der Waals surface area contributed by atoms with Gasteiger partial charge in [-0.25, -0.2) is 0 Å². The minimum absolute atomic E-state index is 0.0644. The van der Waals surface area contributed by atoms with Crippen LogP contribution in [0, 0.1) is 0 Å². The van der Waals surface area contributed by atoms with E-state index in [9.17, 15) is 22.8 Å². The van der Waals surface area contributed by atoms with Gasteiger partial charge in [0.2, 0.25) is 11.7 Å². The molecule has 0 radical (unpaired) electrons. The highest BCUT2D eigenvalue weighted by molar-refractivity contribution is 5.94. The second-order valence-electron chi connectivity index (χ2n) is 6.65. The molecule has 2 heterocycles. The number of ether oxygens (including phenoxy) is 4. The van der Waals surface area contributed by atoms with Crippen LogP contribution in [0.25, 0.3) is 0 Å². The number of methoxy groups -OCH3 is 1. The predicted octanol–water partition coefficient (Wildman–Crippen LogP) is 1.26. The fourth-order valence-corrected chi connectivity index (χ4v) is 3.28. The van der Waals surface area contributed by atoms with E-state index >= 15 is 0 Å². The standard InChI is InChI=1S/C18H21F3N2O6/c1-26-10-15(24)22-6-8-27-17(11-22)12-23(7-9-28-17)16(25)13-2-4-14(5-3-13)29-18(19,20)21/h2-5H,6-12H2,1H3. The van der Waals surface area contributed by atoms with Gasteiger partial charge in [-0.2, -0.15) is 0 Å². The first-order valence-electron chi connectivity index (χ1n) is 8.91. The molecule has 1 aromatic carbocycles. The Morgan fingerprint density at radius 1 is 1.07 bits per heavy atom. The Hall–Kier alpha value is -2.37. The molecule has 1 spiro atoms. The molecule has 0 N–H and O–H groups in total. The molecule has 29 heavy (non-hydrogen) atoms. The molecule has 0 saturated carbocycles. The van der Waals surface area contributed by atoms with Crippen molar-refractivity contribution >= 4 is 11.8 Å². The highest BCUT2D eigenvalue weighted by atomic mass is 19.4. The van der Waals surface area contributed by atoms with Gasteiger partial charge in [0.05, 0.1) is 26.3 Å². The van der Waals surface area contributed by atoms with Crippen molar-refractivity contribution in [1.29, 1.82) is 0 Å². The summed E-state index contributed by atoms with van der Waals surface area (Å²) in [6, 6.07) is 4.70. The van der Waals surface area contributed by atoms with Crippen LogP contribution in [0.2, 0.25) is 0 Å². The molecule has 8 nitrogen and oxygen atoms in total. The molecule has 2 fully saturated rings. The summed E-state index contributed by atoms with van der Waals surface area (Å²) in [4.78, 5) is 28.0. The van der Waals surface area contributed by atoms with E-state index in [0.29, 0.717) is 6.54 Å². The van der Waals surface area contributed by atoms with Crippen LogP contribution in [0.15, 0.2) is 24.3 Å². The summed E-state index contributed by atoms with van der Waals surface area (Å²) in [5, 5.41) is 0. The first kappa shape index (κ1) is 21.3. The number of hydrogen-bond acceptors (Lipinski definition) is 6. The van der Waals surface area contributed by atoms with Crippen molar-refractivity contribution in [1.82, 2.24) is 9.80 Å². The Morgan fingerprint density at radius 2 is 1.66 bits per heavy atom. The Labute approximate surface area is 165 Å². The third-order valence-electron chi connectivity index (χ3n) is 4.56. The van der Waals surface area contributed by atoms with E-state index in [1.807, 2.05) is 0 Å². The maximum absolute atomic E-state index is 12.8. The molecule has 0 aromatic heterocycles. The van der Waals surface area contributed by atoms with Gasteiger partial charge in [0, 0.05) is 25.8 Å². The van der Waals surface area contributed by atoms with Gasteiger partial charge in [-0.05, 0) is 24.3 Å². The van der Waals surface area contributed by atoms with Crippen LogP contribution in [-0.4, -0.2) is 86.9 Å². The van der Waals surface area contributed by atoms with Crippen LogP contribution in [0.4, 0.5) is 13.2 Å². The topological polar surface area (TPSA) is 77.5 Å². The van der Waals surface area contributed by atoms with E-state index in [1.165, 1.54) is 24.1 Å². The van der Waals surface area contributed by atoms with Crippen molar-refractivity contribution in [3.05, 3.63) is 29.8 Å². The van der Waals surface area contributed by atoms with Crippen molar-refractivity contribution in [3.63, 3.8) is 0 Å². The van der Waals surface area contributed by atoms with Gasteiger partial charge in [-0.1, -0.05) is 0 Å². The summed E-state index contributed by atoms with van der Waals surface area (Å²) < 4.78 is 57.0. The maximum Gasteiger partial charge on any atom is 0.573 e. The normalized spacial score (nSPS) is 22.6. The molecule has 11 heteroatoms. The van der Waals surface area contributed by atoms with Crippen LogP contribution in [0.1, 0.15) is 10.4 Å². The highest BCUT2D eigenvalue weighted by Crippen LogP contribution is 2.27. The van der Waals surface area contributed by atoms with E-state index in [2.05, 4.69) is 4.74 Å². The van der Waals surface area contributed by atoms with Gasteiger partial charge in [-0.3, -0.25) is 9.59 Å². The second kappa shape index (κ2) is 8.56. The number of hydrogen-bond donors (Lipinski definition) is 0. The molecule has 2 saturated heterocycles. The molecule has 0 bridgehead atoms. The largest absolute Gasteiger partial charge is 0.573 e. The average molecular weight is 418 g/mol. The maximum atomic E-state index is 12.8. The van der Waals surface area contributed by atoms with Gasteiger partial charge >= 0.3 is 6.36 Å².